The molecule has 0 atom stereocenters. The fourth-order valence-electron chi connectivity index (χ4n) is 2.08. The monoisotopic (exact) mass is 454 g/mol. The first-order chi connectivity index (χ1) is 12.2. The largest absolute Gasteiger partial charge is 0.428 e. The van der Waals surface area contributed by atoms with Crippen molar-refractivity contribution < 1.29 is 13.8 Å². The molecular weight excluding hydrogens is 439 g/mol. The molecule has 3 nitrogen and oxygen atoms in total. The highest BCUT2D eigenvalue weighted by molar-refractivity contribution is 9.10. The first kappa shape index (κ1) is 18.6. The number of thiophene rings is 2. The lowest BCUT2D eigenvalue weighted by atomic mass is 10.1. The first-order valence-corrected chi connectivity index (χ1v) is 11.6. The maximum absolute atomic E-state index is 12.3. The van der Waals surface area contributed by atoms with Gasteiger partial charge < -0.3 is 9.05 Å². The highest BCUT2D eigenvalue weighted by atomic mass is 79.9. The normalized spacial score (nSPS) is 10.8. The zero-order chi connectivity index (χ0) is 17.5. The Kier molecular flexibility index (Phi) is 7.05. The van der Waals surface area contributed by atoms with E-state index in [-0.39, 0.29) is 5.78 Å². The van der Waals surface area contributed by atoms with Crippen LogP contribution in [0, 0.1) is 0 Å². The predicted octanol–water partition coefficient (Wildman–Crippen LogP) is 6.54. The maximum atomic E-state index is 12.3. The topological polar surface area (TPSA) is 35.5 Å². The van der Waals surface area contributed by atoms with Gasteiger partial charge in [-0.3, -0.25) is 4.79 Å². The average molecular weight is 455 g/mol. The molecule has 2 heterocycles. The van der Waals surface area contributed by atoms with Gasteiger partial charge in [-0.15, -0.1) is 22.7 Å². The summed E-state index contributed by atoms with van der Waals surface area (Å²) >= 11 is 6.46. The SMILES string of the molecule is O=C(CCP(Oc1cccs1)Oc1cccs1)Cc1ccc(Br)cc1. The van der Waals surface area contributed by atoms with Crippen molar-refractivity contribution in [2.24, 2.45) is 0 Å². The molecule has 0 amide bonds. The number of benzene rings is 1. The summed E-state index contributed by atoms with van der Waals surface area (Å²) in [6, 6.07) is 15.6. The molecular formula is C18H16BrO3PS2. The van der Waals surface area contributed by atoms with Crippen LogP contribution in [-0.2, 0) is 11.2 Å². The van der Waals surface area contributed by atoms with Crippen LogP contribution in [-0.4, -0.2) is 11.9 Å². The zero-order valence-electron chi connectivity index (χ0n) is 13.3. The number of carbonyl (C=O) groups is 1. The molecule has 0 unspecified atom stereocenters. The predicted molar refractivity (Wildman–Crippen MR) is 109 cm³/mol. The van der Waals surface area contributed by atoms with Crippen molar-refractivity contribution in [1.82, 2.24) is 0 Å². The van der Waals surface area contributed by atoms with Crippen LogP contribution in [0.15, 0.2) is 63.8 Å². The third kappa shape index (κ3) is 6.23. The standard InChI is InChI=1S/C18H16BrO3PS2/c19-15-7-5-14(6-8-15)13-16(20)9-10-23(21-17-3-1-11-24-17)22-18-4-2-12-25-18/h1-8,11-12H,9-10,13H2. The van der Waals surface area contributed by atoms with Crippen LogP contribution >= 0.6 is 47.0 Å². The third-order valence-electron chi connectivity index (χ3n) is 3.26. The highest BCUT2D eigenvalue weighted by Gasteiger charge is 2.18. The Morgan fingerprint density at radius 3 is 2.08 bits per heavy atom. The summed E-state index contributed by atoms with van der Waals surface area (Å²) < 4.78 is 12.9. The minimum absolute atomic E-state index is 0.194. The number of hydrogen-bond donors (Lipinski definition) is 0. The van der Waals surface area contributed by atoms with Crippen LogP contribution in [0.4, 0.5) is 0 Å². The second-order valence-electron chi connectivity index (χ2n) is 5.20. The molecule has 0 saturated carbocycles. The van der Waals surface area contributed by atoms with Crippen molar-refractivity contribution in [3.8, 4) is 10.1 Å². The lowest BCUT2D eigenvalue weighted by Gasteiger charge is -2.16. The quantitative estimate of drug-likeness (QED) is 0.344. The van der Waals surface area contributed by atoms with E-state index in [1.165, 1.54) is 22.7 Å². The average Bonchev–Trinajstić information content (AvgIpc) is 3.29. The number of rotatable bonds is 9. The summed E-state index contributed by atoms with van der Waals surface area (Å²) in [5.74, 6) is 0.194. The maximum Gasteiger partial charge on any atom is 0.292 e. The van der Waals surface area contributed by atoms with Crippen molar-refractivity contribution in [2.75, 3.05) is 6.16 Å². The fraction of sp³-hybridized carbons (Fsp3) is 0.167. The molecule has 0 aliphatic rings. The lowest BCUT2D eigenvalue weighted by molar-refractivity contribution is -0.118. The molecule has 3 rings (SSSR count). The second kappa shape index (κ2) is 9.48. The van der Waals surface area contributed by atoms with E-state index in [9.17, 15) is 4.79 Å². The summed E-state index contributed by atoms with van der Waals surface area (Å²) in [4.78, 5) is 12.3. The molecule has 0 radical (unpaired) electrons. The van der Waals surface area contributed by atoms with Crippen LogP contribution in [0.3, 0.4) is 0 Å². The minimum atomic E-state index is -1.18. The summed E-state index contributed by atoms with van der Waals surface area (Å²) in [5, 5.41) is 5.57. The number of carbonyl (C=O) groups excluding carboxylic acids is 1. The first-order valence-electron chi connectivity index (χ1n) is 7.66. The van der Waals surface area contributed by atoms with Gasteiger partial charge in [0, 0.05) is 23.5 Å². The van der Waals surface area contributed by atoms with E-state index in [4.69, 9.17) is 9.05 Å². The van der Waals surface area contributed by atoms with Crippen LogP contribution in [0.2, 0.25) is 0 Å². The molecule has 0 spiro atoms. The Morgan fingerprint density at radius 2 is 1.56 bits per heavy atom. The molecule has 0 saturated heterocycles. The van der Waals surface area contributed by atoms with Gasteiger partial charge in [-0.2, -0.15) is 0 Å². The van der Waals surface area contributed by atoms with Gasteiger partial charge >= 0.3 is 0 Å². The van der Waals surface area contributed by atoms with Gasteiger partial charge in [-0.1, -0.05) is 28.1 Å². The Labute approximate surface area is 164 Å². The van der Waals surface area contributed by atoms with Crippen LogP contribution in [0.25, 0.3) is 0 Å². The summed E-state index contributed by atoms with van der Waals surface area (Å²) in [6.07, 6.45) is 1.47. The highest BCUT2D eigenvalue weighted by Crippen LogP contribution is 2.43. The van der Waals surface area contributed by atoms with Crippen LogP contribution in [0.1, 0.15) is 12.0 Å². The van der Waals surface area contributed by atoms with Crippen LogP contribution in [0.5, 0.6) is 10.1 Å². The van der Waals surface area contributed by atoms with Crippen molar-refractivity contribution in [2.45, 2.75) is 12.8 Å². The number of halogens is 1. The van der Waals surface area contributed by atoms with Crippen molar-refractivity contribution in [3.05, 3.63) is 69.3 Å². The summed E-state index contributed by atoms with van der Waals surface area (Å²) in [7, 11) is -1.18. The van der Waals surface area contributed by atoms with E-state index in [1.54, 1.807) is 0 Å². The molecule has 0 aliphatic heterocycles. The van der Waals surface area contributed by atoms with Gasteiger partial charge in [0.1, 0.15) is 5.78 Å². The molecule has 130 valence electrons. The Morgan fingerprint density at radius 1 is 0.960 bits per heavy atom. The lowest BCUT2D eigenvalue weighted by Crippen LogP contribution is -2.07. The second-order valence-corrected chi connectivity index (χ2v) is 9.41. The van der Waals surface area contributed by atoms with Crippen molar-refractivity contribution in [1.29, 1.82) is 0 Å². The summed E-state index contributed by atoms with van der Waals surface area (Å²) in [5.41, 5.74) is 1.02. The molecule has 7 heteroatoms. The van der Waals surface area contributed by atoms with Gasteiger partial charge in [0.15, 0.2) is 10.1 Å². The smallest absolute Gasteiger partial charge is 0.292 e. The third-order valence-corrected chi connectivity index (χ3v) is 6.92. The van der Waals surface area contributed by atoms with Crippen molar-refractivity contribution >= 4 is 52.8 Å². The van der Waals surface area contributed by atoms with Gasteiger partial charge in [0.2, 0.25) is 0 Å². The number of ketones is 1. The van der Waals surface area contributed by atoms with E-state index in [1.807, 2.05) is 59.3 Å². The molecule has 25 heavy (non-hydrogen) atoms. The molecule has 0 N–H and O–H groups in total. The molecule has 0 aliphatic carbocycles. The summed E-state index contributed by atoms with van der Waals surface area (Å²) in [6.45, 7) is 0. The molecule has 0 bridgehead atoms. The van der Waals surface area contributed by atoms with E-state index in [0.717, 1.165) is 20.2 Å². The van der Waals surface area contributed by atoms with Crippen molar-refractivity contribution in [3.63, 3.8) is 0 Å². The van der Waals surface area contributed by atoms with Crippen LogP contribution < -0.4 is 9.05 Å². The fourth-order valence-corrected chi connectivity index (χ4v) is 5.25. The molecule has 3 aromatic rings. The van der Waals surface area contributed by atoms with E-state index in [0.29, 0.717) is 19.0 Å². The Balaban J connectivity index is 1.55. The van der Waals surface area contributed by atoms with Gasteiger partial charge in [0.25, 0.3) is 8.38 Å². The van der Waals surface area contributed by atoms with Gasteiger partial charge in [0.05, 0.1) is 0 Å². The number of hydrogen-bond acceptors (Lipinski definition) is 5. The molecule has 0 fully saturated rings. The van der Waals surface area contributed by atoms with Gasteiger partial charge in [-0.25, -0.2) is 0 Å². The van der Waals surface area contributed by atoms with E-state index < -0.39 is 8.38 Å². The zero-order valence-corrected chi connectivity index (χ0v) is 17.4. The Hall–Kier alpha value is -1.20. The van der Waals surface area contributed by atoms with E-state index >= 15 is 0 Å². The molecule has 1 aromatic carbocycles. The van der Waals surface area contributed by atoms with Gasteiger partial charge in [-0.05, 0) is 52.7 Å². The number of Topliss-reactive ketones (excluding diaryl/α,β-unsaturated/α-hetero) is 1. The Bertz CT molecular complexity index is 737. The van der Waals surface area contributed by atoms with E-state index in [2.05, 4.69) is 15.9 Å². The molecule has 2 aromatic heterocycles. The minimum Gasteiger partial charge on any atom is -0.428 e.